The van der Waals surface area contributed by atoms with E-state index < -0.39 is 0 Å². The molecule has 4 nitrogen and oxygen atoms in total. The Morgan fingerprint density at radius 1 is 1.32 bits per heavy atom. The summed E-state index contributed by atoms with van der Waals surface area (Å²) in [5, 5.41) is 3.43. The molecule has 19 heavy (non-hydrogen) atoms. The minimum atomic E-state index is -0.361. The van der Waals surface area contributed by atoms with Crippen LogP contribution in [-0.2, 0) is 9.53 Å². The number of hydrogen-bond donors (Lipinski definition) is 1. The third-order valence-corrected chi connectivity index (χ3v) is 4.79. The van der Waals surface area contributed by atoms with Crippen LogP contribution in [0.15, 0.2) is 0 Å². The number of nitrogens with zero attached hydrogens (tertiary/aromatic N) is 1. The van der Waals surface area contributed by atoms with E-state index in [9.17, 15) is 4.79 Å². The molecule has 110 valence electrons. The topological polar surface area (TPSA) is 41.6 Å². The molecule has 1 saturated heterocycles. The first kappa shape index (κ1) is 14.8. The molecule has 1 N–H and O–H groups in total. The first-order valence-electron chi connectivity index (χ1n) is 7.85. The van der Waals surface area contributed by atoms with Crippen molar-refractivity contribution >= 4 is 5.97 Å². The van der Waals surface area contributed by atoms with Crippen molar-refractivity contribution in [3.8, 4) is 0 Å². The average Bonchev–Trinajstić information content (AvgIpc) is 2.69. The molecule has 1 aliphatic heterocycles. The largest absolute Gasteiger partial charge is 0.465 e. The lowest BCUT2D eigenvalue weighted by Crippen LogP contribution is -2.61. The van der Waals surface area contributed by atoms with Crippen LogP contribution in [0, 0.1) is 5.92 Å². The predicted octanol–water partition coefficient (Wildman–Crippen LogP) is 1.79. The maximum Gasteiger partial charge on any atom is 0.326 e. The van der Waals surface area contributed by atoms with Crippen molar-refractivity contribution in [2.45, 2.75) is 51.5 Å². The van der Waals surface area contributed by atoms with Crippen LogP contribution >= 0.6 is 0 Å². The van der Waals surface area contributed by atoms with Crippen molar-refractivity contribution in [2.24, 2.45) is 5.92 Å². The summed E-state index contributed by atoms with van der Waals surface area (Å²) in [7, 11) is 0. The zero-order valence-electron chi connectivity index (χ0n) is 12.4. The van der Waals surface area contributed by atoms with Crippen LogP contribution in [0.25, 0.3) is 0 Å². The van der Waals surface area contributed by atoms with E-state index in [-0.39, 0.29) is 11.5 Å². The molecule has 0 aromatic carbocycles. The lowest BCUT2D eigenvalue weighted by molar-refractivity contribution is -0.165. The number of ether oxygens (including phenoxy) is 1. The molecular formula is C15H28N2O2. The highest BCUT2D eigenvalue weighted by Crippen LogP contribution is 2.39. The molecule has 2 fully saturated rings. The molecular weight excluding hydrogens is 240 g/mol. The normalized spacial score (nSPS) is 33.7. The molecule has 2 rings (SSSR count). The van der Waals surface area contributed by atoms with E-state index in [0.717, 1.165) is 51.9 Å². The van der Waals surface area contributed by atoms with Crippen LogP contribution in [0.1, 0.15) is 46.0 Å². The van der Waals surface area contributed by atoms with Crippen molar-refractivity contribution in [1.29, 1.82) is 0 Å². The van der Waals surface area contributed by atoms with Crippen LogP contribution in [0.4, 0.5) is 0 Å². The van der Waals surface area contributed by atoms with Gasteiger partial charge in [0.05, 0.1) is 6.61 Å². The number of esters is 1. The molecule has 2 unspecified atom stereocenters. The van der Waals surface area contributed by atoms with E-state index in [0.29, 0.717) is 12.5 Å². The zero-order chi connectivity index (χ0) is 13.7. The van der Waals surface area contributed by atoms with Gasteiger partial charge < -0.3 is 10.1 Å². The predicted molar refractivity (Wildman–Crippen MR) is 76.1 cm³/mol. The lowest BCUT2D eigenvalue weighted by atomic mass is 9.72. The number of nitrogens with one attached hydrogen (secondary N) is 1. The Labute approximate surface area is 116 Å². The van der Waals surface area contributed by atoms with Crippen LogP contribution < -0.4 is 5.32 Å². The Hall–Kier alpha value is -0.610. The molecule has 0 aromatic heterocycles. The Bertz CT molecular complexity index is 301. The summed E-state index contributed by atoms with van der Waals surface area (Å²) in [5.41, 5.74) is -0.361. The minimum Gasteiger partial charge on any atom is -0.465 e. The molecule has 0 aromatic rings. The highest BCUT2D eigenvalue weighted by molar-refractivity contribution is 5.81. The molecule has 0 radical (unpaired) electrons. The summed E-state index contributed by atoms with van der Waals surface area (Å²) in [4.78, 5) is 15.1. The second-order valence-corrected chi connectivity index (χ2v) is 5.88. The van der Waals surface area contributed by atoms with Gasteiger partial charge >= 0.3 is 5.97 Å². The average molecular weight is 268 g/mol. The van der Waals surface area contributed by atoms with E-state index in [1.165, 1.54) is 6.42 Å². The van der Waals surface area contributed by atoms with Gasteiger partial charge in [0.1, 0.15) is 5.54 Å². The van der Waals surface area contributed by atoms with Crippen molar-refractivity contribution in [1.82, 2.24) is 10.2 Å². The summed E-state index contributed by atoms with van der Waals surface area (Å²) in [6, 6.07) is 0. The van der Waals surface area contributed by atoms with Gasteiger partial charge in [-0.05, 0) is 38.6 Å². The maximum absolute atomic E-state index is 12.7. The van der Waals surface area contributed by atoms with Gasteiger partial charge in [-0.15, -0.1) is 0 Å². The van der Waals surface area contributed by atoms with Gasteiger partial charge in [0, 0.05) is 19.6 Å². The van der Waals surface area contributed by atoms with Gasteiger partial charge in [-0.25, -0.2) is 0 Å². The van der Waals surface area contributed by atoms with Crippen LogP contribution in [0.2, 0.25) is 0 Å². The minimum absolute atomic E-state index is 0.0177. The van der Waals surface area contributed by atoms with E-state index in [2.05, 4.69) is 17.1 Å². The number of rotatable bonds is 3. The molecule has 0 spiro atoms. The summed E-state index contributed by atoms with van der Waals surface area (Å²) in [6.45, 7) is 8.63. The first-order valence-corrected chi connectivity index (χ1v) is 7.85. The number of hydrogen-bond acceptors (Lipinski definition) is 4. The Morgan fingerprint density at radius 3 is 2.89 bits per heavy atom. The van der Waals surface area contributed by atoms with Gasteiger partial charge in [-0.3, -0.25) is 9.69 Å². The van der Waals surface area contributed by atoms with E-state index in [4.69, 9.17) is 4.74 Å². The second kappa shape index (κ2) is 6.71. The van der Waals surface area contributed by atoms with Crippen molar-refractivity contribution in [3.05, 3.63) is 0 Å². The van der Waals surface area contributed by atoms with Crippen LogP contribution in [0.5, 0.6) is 0 Å². The zero-order valence-corrected chi connectivity index (χ0v) is 12.4. The standard InChI is InChI=1S/C15H28N2O2/c1-3-19-14(18)15(8-5-4-7-13(15)2)17-11-6-9-16-10-12-17/h13,16H,3-12H2,1-2H3. The third-order valence-electron chi connectivity index (χ3n) is 4.79. The maximum atomic E-state index is 12.7. The van der Waals surface area contributed by atoms with Gasteiger partial charge in [0.2, 0.25) is 0 Å². The fourth-order valence-corrected chi connectivity index (χ4v) is 3.73. The van der Waals surface area contributed by atoms with E-state index in [1.54, 1.807) is 0 Å². The molecule has 0 amide bonds. The molecule has 1 heterocycles. The van der Waals surface area contributed by atoms with Gasteiger partial charge in [-0.2, -0.15) is 0 Å². The Morgan fingerprint density at radius 2 is 2.16 bits per heavy atom. The molecule has 1 aliphatic carbocycles. The fourth-order valence-electron chi connectivity index (χ4n) is 3.73. The Kier molecular flexibility index (Phi) is 5.22. The second-order valence-electron chi connectivity index (χ2n) is 5.88. The summed E-state index contributed by atoms with van der Waals surface area (Å²) >= 11 is 0. The fraction of sp³-hybridized carbons (Fsp3) is 0.933. The summed E-state index contributed by atoms with van der Waals surface area (Å²) < 4.78 is 5.45. The van der Waals surface area contributed by atoms with Crippen LogP contribution in [-0.4, -0.2) is 49.2 Å². The molecule has 4 heteroatoms. The van der Waals surface area contributed by atoms with Gasteiger partial charge in [0.15, 0.2) is 0 Å². The van der Waals surface area contributed by atoms with Gasteiger partial charge in [-0.1, -0.05) is 19.8 Å². The van der Waals surface area contributed by atoms with E-state index in [1.807, 2.05) is 6.92 Å². The quantitative estimate of drug-likeness (QED) is 0.793. The SMILES string of the molecule is CCOC(=O)C1(N2CCCNCC2)CCCCC1C. The molecule has 0 bridgehead atoms. The summed E-state index contributed by atoms with van der Waals surface area (Å²) in [6.07, 6.45) is 5.62. The monoisotopic (exact) mass is 268 g/mol. The Balaban J connectivity index is 2.23. The number of carbonyl (C=O) groups excluding carboxylic acids is 1. The third kappa shape index (κ3) is 2.95. The van der Waals surface area contributed by atoms with Crippen LogP contribution in [0.3, 0.4) is 0 Å². The van der Waals surface area contributed by atoms with E-state index >= 15 is 0 Å². The van der Waals surface area contributed by atoms with Gasteiger partial charge in [0.25, 0.3) is 0 Å². The summed E-state index contributed by atoms with van der Waals surface area (Å²) in [5.74, 6) is 0.419. The van der Waals surface area contributed by atoms with Crippen molar-refractivity contribution in [2.75, 3.05) is 32.8 Å². The van der Waals surface area contributed by atoms with Crippen molar-refractivity contribution < 1.29 is 9.53 Å². The van der Waals surface area contributed by atoms with Crippen molar-refractivity contribution in [3.63, 3.8) is 0 Å². The highest BCUT2D eigenvalue weighted by Gasteiger charge is 2.50. The first-order chi connectivity index (χ1) is 9.21. The lowest BCUT2D eigenvalue weighted by Gasteiger charge is -2.47. The number of carbonyl (C=O) groups is 1. The molecule has 2 atom stereocenters. The highest BCUT2D eigenvalue weighted by atomic mass is 16.5. The smallest absolute Gasteiger partial charge is 0.326 e. The molecule has 2 aliphatic rings. The molecule has 1 saturated carbocycles.